The van der Waals surface area contributed by atoms with Crippen LogP contribution in [0.25, 0.3) is 6.08 Å². The summed E-state index contributed by atoms with van der Waals surface area (Å²) in [7, 11) is 0. The van der Waals surface area contributed by atoms with Crippen molar-refractivity contribution in [3.05, 3.63) is 61.5 Å². The smallest absolute Gasteiger partial charge is 0.333 e. The number of hydrogen-bond acceptors (Lipinski definition) is 5. The predicted molar refractivity (Wildman–Crippen MR) is 176 cm³/mol. The highest BCUT2D eigenvalue weighted by molar-refractivity contribution is 5.86. The summed E-state index contributed by atoms with van der Waals surface area (Å²) < 4.78 is 9.76. The molecule has 5 nitrogen and oxygen atoms in total. The molecule has 0 amide bonds. The minimum Gasteiger partial charge on any atom is -0.463 e. The van der Waals surface area contributed by atoms with Crippen molar-refractivity contribution in [1.29, 1.82) is 0 Å². The summed E-state index contributed by atoms with van der Waals surface area (Å²) in [4.78, 5) is 25.4. The van der Waals surface area contributed by atoms with Crippen LogP contribution in [0.4, 0.5) is 0 Å². The predicted octanol–water partition coefficient (Wildman–Crippen LogP) is 10.6. The molecule has 5 heteroatoms. The highest BCUT2D eigenvalue weighted by Crippen LogP contribution is 2.13. The molecule has 41 heavy (non-hydrogen) atoms. The Bertz CT molecular complexity index is 760. The third-order valence-electron chi connectivity index (χ3n) is 6.43. The molecular formula is C36H61NO4. The molecule has 0 N–H and O–H groups in total. The molecule has 234 valence electrons. The van der Waals surface area contributed by atoms with Crippen molar-refractivity contribution in [1.82, 2.24) is 4.98 Å². The standard InChI is InChI=1S/C22H42O2.C7H7N.C7H12O2/c1-4-5-6-7-8-9-10-11-12-13-14-15-16-17-18-19-20-24-22(23)21(2)3;1-2-7-3-5-8-6-4-7;1-3-5-6-9-7(8)4-2/h2,4-20H2,1,3H3;2-6H,1H2;4H,2-3,5-6H2,1H3. The fraction of sp³-hybridized carbons (Fsp3) is 0.639. The van der Waals surface area contributed by atoms with Crippen molar-refractivity contribution in [2.45, 2.75) is 136 Å². The van der Waals surface area contributed by atoms with Crippen molar-refractivity contribution >= 4 is 18.0 Å². The number of nitrogens with zero attached hydrogens (tertiary/aromatic N) is 1. The van der Waals surface area contributed by atoms with Gasteiger partial charge in [-0.25, -0.2) is 9.59 Å². The van der Waals surface area contributed by atoms with Crippen LogP contribution >= 0.6 is 0 Å². The van der Waals surface area contributed by atoms with Crippen LogP contribution in [0.2, 0.25) is 0 Å². The van der Waals surface area contributed by atoms with Crippen molar-refractivity contribution < 1.29 is 19.1 Å². The fourth-order valence-electron chi connectivity index (χ4n) is 3.81. The first-order valence-electron chi connectivity index (χ1n) is 16.1. The van der Waals surface area contributed by atoms with Gasteiger partial charge in [0.2, 0.25) is 0 Å². The molecule has 0 aliphatic heterocycles. The molecule has 0 atom stereocenters. The maximum Gasteiger partial charge on any atom is 0.333 e. The first-order valence-corrected chi connectivity index (χ1v) is 16.1. The van der Waals surface area contributed by atoms with Crippen LogP contribution in [0, 0.1) is 0 Å². The normalized spacial score (nSPS) is 9.83. The number of hydrogen-bond donors (Lipinski definition) is 0. The minimum atomic E-state index is -0.330. The molecule has 0 saturated heterocycles. The van der Waals surface area contributed by atoms with E-state index in [2.05, 4.69) is 36.4 Å². The molecule has 1 heterocycles. The van der Waals surface area contributed by atoms with Crippen molar-refractivity contribution in [2.24, 2.45) is 0 Å². The van der Waals surface area contributed by atoms with Crippen LogP contribution < -0.4 is 0 Å². The molecule has 0 aliphatic rings. The van der Waals surface area contributed by atoms with Gasteiger partial charge in [0.15, 0.2) is 0 Å². The maximum absolute atomic E-state index is 11.2. The number of rotatable bonds is 23. The summed E-state index contributed by atoms with van der Waals surface area (Å²) in [5.74, 6) is -0.584. The molecule has 0 unspecified atom stereocenters. The van der Waals surface area contributed by atoms with Gasteiger partial charge >= 0.3 is 11.9 Å². The molecule has 0 aromatic carbocycles. The van der Waals surface area contributed by atoms with E-state index in [1.54, 1.807) is 25.4 Å². The van der Waals surface area contributed by atoms with E-state index in [-0.39, 0.29) is 11.9 Å². The number of unbranched alkanes of at least 4 members (excludes halogenated alkanes) is 16. The molecule has 1 aromatic rings. The lowest BCUT2D eigenvalue weighted by atomic mass is 10.0. The Hall–Kier alpha value is -2.69. The summed E-state index contributed by atoms with van der Waals surface area (Å²) >= 11 is 0. The van der Waals surface area contributed by atoms with E-state index < -0.39 is 0 Å². The van der Waals surface area contributed by atoms with E-state index in [9.17, 15) is 9.59 Å². The topological polar surface area (TPSA) is 65.5 Å². The van der Waals surface area contributed by atoms with E-state index in [1.807, 2.05) is 19.1 Å². The highest BCUT2D eigenvalue weighted by Gasteiger charge is 2.01. The average molecular weight is 572 g/mol. The number of carbonyl (C=O) groups excluding carboxylic acids is 2. The average Bonchev–Trinajstić information content (AvgIpc) is 2.99. The monoisotopic (exact) mass is 571 g/mol. The van der Waals surface area contributed by atoms with Gasteiger partial charge in [0.1, 0.15) is 0 Å². The number of esters is 2. The van der Waals surface area contributed by atoms with Gasteiger partial charge in [0, 0.05) is 24.0 Å². The van der Waals surface area contributed by atoms with E-state index in [4.69, 9.17) is 4.74 Å². The van der Waals surface area contributed by atoms with Crippen molar-refractivity contribution in [2.75, 3.05) is 13.2 Å². The summed E-state index contributed by atoms with van der Waals surface area (Å²) in [6, 6.07) is 3.82. The molecule has 0 fully saturated rings. The van der Waals surface area contributed by atoms with Crippen LogP contribution in [0.15, 0.2) is 55.9 Å². The second-order valence-corrected chi connectivity index (χ2v) is 10.4. The lowest BCUT2D eigenvalue weighted by Crippen LogP contribution is -2.05. The minimum absolute atomic E-state index is 0.254. The zero-order valence-electron chi connectivity index (χ0n) is 26.8. The van der Waals surface area contributed by atoms with Crippen LogP contribution in [-0.2, 0) is 19.1 Å². The van der Waals surface area contributed by atoms with Crippen molar-refractivity contribution in [3.8, 4) is 0 Å². The van der Waals surface area contributed by atoms with Crippen LogP contribution in [-0.4, -0.2) is 30.1 Å². The van der Waals surface area contributed by atoms with Gasteiger partial charge < -0.3 is 9.47 Å². The van der Waals surface area contributed by atoms with Crippen molar-refractivity contribution in [3.63, 3.8) is 0 Å². The Labute approximate surface area is 252 Å². The van der Waals surface area contributed by atoms with E-state index >= 15 is 0 Å². The molecule has 1 rings (SSSR count). The van der Waals surface area contributed by atoms with Gasteiger partial charge in [0.25, 0.3) is 0 Å². The van der Waals surface area contributed by atoms with E-state index in [0.717, 1.165) is 24.8 Å². The molecule has 0 spiro atoms. The molecular weight excluding hydrogens is 510 g/mol. The van der Waals surface area contributed by atoms with E-state index in [1.165, 1.54) is 102 Å². The van der Waals surface area contributed by atoms with Gasteiger partial charge in [-0.15, -0.1) is 0 Å². The first-order chi connectivity index (χ1) is 19.9. The first kappa shape index (κ1) is 40.4. The molecule has 0 radical (unpaired) electrons. The number of ether oxygens (including phenoxy) is 2. The summed E-state index contributed by atoms with van der Waals surface area (Å²) in [5.41, 5.74) is 1.60. The third kappa shape index (κ3) is 33.4. The van der Waals surface area contributed by atoms with Crippen LogP contribution in [0.5, 0.6) is 0 Å². The number of aromatic nitrogens is 1. The second-order valence-electron chi connectivity index (χ2n) is 10.4. The molecule has 0 aliphatic carbocycles. The number of pyridine rings is 1. The Morgan fingerprint density at radius 3 is 1.46 bits per heavy atom. The second kappa shape index (κ2) is 33.5. The van der Waals surface area contributed by atoms with E-state index in [0.29, 0.717) is 18.8 Å². The van der Waals surface area contributed by atoms with Gasteiger partial charge in [-0.1, -0.05) is 142 Å². The zero-order valence-corrected chi connectivity index (χ0v) is 26.8. The number of carbonyl (C=O) groups is 2. The van der Waals surface area contributed by atoms with Crippen LogP contribution in [0.1, 0.15) is 142 Å². The quantitative estimate of drug-likeness (QED) is 0.0742. The maximum atomic E-state index is 11.2. The largest absolute Gasteiger partial charge is 0.463 e. The van der Waals surface area contributed by atoms with Gasteiger partial charge in [-0.3, -0.25) is 4.98 Å². The molecule has 0 bridgehead atoms. The third-order valence-corrected chi connectivity index (χ3v) is 6.43. The summed E-state index contributed by atoms with van der Waals surface area (Å²) in [6.07, 6.45) is 30.2. The van der Waals surface area contributed by atoms with Gasteiger partial charge in [0.05, 0.1) is 13.2 Å². The van der Waals surface area contributed by atoms with Crippen LogP contribution in [0.3, 0.4) is 0 Å². The molecule has 0 saturated carbocycles. The zero-order chi connectivity index (χ0) is 30.8. The SMILES string of the molecule is C=C(C)C(=O)OCCCCCCCCCCCCCCCCCC.C=CC(=O)OCCCC.C=Cc1ccncc1. The lowest BCUT2D eigenvalue weighted by Gasteiger charge is -2.05. The Morgan fingerprint density at radius 2 is 1.10 bits per heavy atom. The Morgan fingerprint density at radius 1 is 0.683 bits per heavy atom. The Kier molecular flexibility index (Phi) is 33.1. The molecule has 1 aromatic heterocycles. The summed E-state index contributed by atoms with van der Waals surface area (Å²) in [6.45, 7) is 17.5. The fourth-order valence-corrected chi connectivity index (χ4v) is 3.81. The summed E-state index contributed by atoms with van der Waals surface area (Å²) in [5, 5.41) is 0. The van der Waals surface area contributed by atoms with Gasteiger partial charge in [-0.05, 0) is 37.5 Å². The van der Waals surface area contributed by atoms with Gasteiger partial charge in [-0.2, -0.15) is 0 Å². The lowest BCUT2D eigenvalue weighted by molar-refractivity contribution is -0.139. The highest BCUT2D eigenvalue weighted by atomic mass is 16.5. The Balaban J connectivity index is 0.